The number of aromatic nitrogens is 4. The van der Waals surface area contributed by atoms with E-state index in [1.807, 2.05) is 12.1 Å². The van der Waals surface area contributed by atoms with Crippen LogP contribution in [0.4, 0.5) is 13.2 Å². The predicted molar refractivity (Wildman–Crippen MR) is 140 cm³/mol. The molecule has 0 saturated heterocycles. The molecule has 1 aliphatic carbocycles. The molecule has 0 bridgehead atoms. The molecule has 1 aliphatic rings. The number of halogens is 3. The Balaban J connectivity index is 1.21. The van der Waals surface area contributed by atoms with Gasteiger partial charge in [-0.3, -0.25) is 14.6 Å². The second kappa shape index (κ2) is 11.8. The molecule has 0 unspecified atom stereocenters. The van der Waals surface area contributed by atoms with Gasteiger partial charge in [-0.05, 0) is 79.2 Å². The molecular weight excluding hydrogens is 523 g/mol. The van der Waals surface area contributed by atoms with Gasteiger partial charge in [0, 0.05) is 42.5 Å². The summed E-state index contributed by atoms with van der Waals surface area (Å²) in [5.74, 6) is -3.90. The number of nitrogens with zero attached hydrogens (tertiary/aromatic N) is 4. The highest BCUT2D eigenvalue weighted by molar-refractivity contribution is 5.99. The Morgan fingerprint density at radius 3 is 2.40 bits per heavy atom. The first-order valence-corrected chi connectivity index (χ1v) is 12.9. The molecule has 5 rings (SSSR count). The zero-order valence-electron chi connectivity index (χ0n) is 21.4. The number of pyridine rings is 2. The third kappa shape index (κ3) is 6.09. The van der Waals surface area contributed by atoms with Crippen molar-refractivity contribution in [2.24, 2.45) is 0 Å². The van der Waals surface area contributed by atoms with E-state index in [0.29, 0.717) is 37.1 Å². The highest BCUT2D eigenvalue weighted by Crippen LogP contribution is 2.34. The lowest BCUT2D eigenvalue weighted by Crippen LogP contribution is -2.29. The summed E-state index contributed by atoms with van der Waals surface area (Å²) < 4.78 is 43.8. The molecule has 4 aromatic rings. The lowest BCUT2D eigenvalue weighted by atomic mass is 9.90. The van der Waals surface area contributed by atoms with Crippen LogP contribution in [0.3, 0.4) is 0 Å². The van der Waals surface area contributed by atoms with Crippen molar-refractivity contribution in [2.45, 2.75) is 38.4 Å². The van der Waals surface area contributed by atoms with Crippen LogP contribution >= 0.6 is 0 Å². The van der Waals surface area contributed by atoms with E-state index in [0.717, 1.165) is 35.2 Å². The fraction of sp³-hybridized carbons (Fsp3) is 0.276. The van der Waals surface area contributed by atoms with E-state index in [1.165, 1.54) is 10.2 Å². The highest BCUT2D eigenvalue weighted by atomic mass is 19.4. The van der Waals surface area contributed by atoms with Gasteiger partial charge in [-0.15, -0.1) is 0 Å². The molecule has 0 radical (unpaired) electrons. The standard InChI is InChI=1S/C29H26F3N5O3/c30-29(31,32)28(39)40-27(38)26-24-7-6-22-18-35-16-11-23(22)25(24)36-37(26)17-1-12-33-13-8-19-2-4-20(5-3-19)21-9-14-34-15-10-21/h2-5,9-11,14-16,18,33H,1,6-8,12-13,17H2. The zero-order valence-corrected chi connectivity index (χ0v) is 21.4. The molecule has 0 saturated carbocycles. The quantitative estimate of drug-likeness (QED) is 0.186. The summed E-state index contributed by atoms with van der Waals surface area (Å²) in [6.45, 7) is 1.57. The molecule has 0 fully saturated rings. The van der Waals surface area contributed by atoms with E-state index in [4.69, 9.17) is 0 Å². The van der Waals surface area contributed by atoms with Crippen molar-refractivity contribution >= 4 is 11.9 Å². The number of carbonyl (C=O) groups is 2. The minimum atomic E-state index is -5.28. The summed E-state index contributed by atoms with van der Waals surface area (Å²) in [6.07, 6.45) is 3.83. The number of alkyl halides is 3. The van der Waals surface area contributed by atoms with Crippen molar-refractivity contribution in [3.63, 3.8) is 0 Å². The topological polar surface area (TPSA) is 99.0 Å². The van der Waals surface area contributed by atoms with Gasteiger partial charge in [0.15, 0.2) is 5.69 Å². The third-order valence-electron chi connectivity index (χ3n) is 6.75. The van der Waals surface area contributed by atoms with Crippen molar-refractivity contribution in [2.75, 3.05) is 13.1 Å². The number of nitrogens with one attached hydrogen (secondary N) is 1. The smallest absolute Gasteiger partial charge is 0.381 e. The van der Waals surface area contributed by atoms with Gasteiger partial charge in [0.1, 0.15) is 0 Å². The van der Waals surface area contributed by atoms with Crippen LogP contribution in [0.15, 0.2) is 67.3 Å². The molecule has 0 aliphatic heterocycles. The summed E-state index contributed by atoms with van der Waals surface area (Å²) in [5.41, 5.74) is 5.94. The summed E-state index contributed by atoms with van der Waals surface area (Å²) in [7, 11) is 0. The van der Waals surface area contributed by atoms with E-state index in [-0.39, 0.29) is 12.2 Å². The Morgan fingerprint density at radius 2 is 1.65 bits per heavy atom. The first-order valence-electron chi connectivity index (χ1n) is 12.9. The van der Waals surface area contributed by atoms with Crippen molar-refractivity contribution in [3.05, 3.63) is 89.6 Å². The molecular formula is C29H26F3N5O3. The highest BCUT2D eigenvalue weighted by Gasteiger charge is 2.43. The average molecular weight is 550 g/mol. The Hall–Kier alpha value is -4.38. The molecule has 3 heterocycles. The number of rotatable bonds is 9. The fourth-order valence-electron chi connectivity index (χ4n) is 4.77. The minimum absolute atomic E-state index is 0.121. The van der Waals surface area contributed by atoms with Crippen molar-refractivity contribution in [3.8, 4) is 22.4 Å². The Labute approximate surface area is 228 Å². The Morgan fingerprint density at radius 1 is 0.925 bits per heavy atom. The third-order valence-corrected chi connectivity index (χ3v) is 6.75. The predicted octanol–water partition coefficient (Wildman–Crippen LogP) is 4.57. The number of hydrogen-bond donors (Lipinski definition) is 1. The monoisotopic (exact) mass is 549 g/mol. The van der Waals surface area contributed by atoms with Crippen LogP contribution in [0.1, 0.15) is 33.6 Å². The molecule has 0 amide bonds. The maximum Gasteiger partial charge on any atom is 0.491 e. The molecule has 206 valence electrons. The fourth-order valence-corrected chi connectivity index (χ4v) is 4.77. The molecule has 1 N–H and O–H groups in total. The number of esters is 2. The maximum absolute atomic E-state index is 12.8. The van der Waals surface area contributed by atoms with Crippen LogP contribution < -0.4 is 5.32 Å². The van der Waals surface area contributed by atoms with Gasteiger partial charge < -0.3 is 10.1 Å². The number of fused-ring (bicyclic) bond motifs is 3. The molecule has 1 aromatic carbocycles. The van der Waals surface area contributed by atoms with Crippen LogP contribution in [-0.2, 0) is 35.3 Å². The van der Waals surface area contributed by atoms with Gasteiger partial charge in [-0.1, -0.05) is 24.3 Å². The molecule has 0 atom stereocenters. The van der Waals surface area contributed by atoms with Crippen molar-refractivity contribution < 1.29 is 27.5 Å². The van der Waals surface area contributed by atoms with E-state index >= 15 is 0 Å². The van der Waals surface area contributed by atoms with Crippen LogP contribution in [0.5, 0.6) is 0 Å². The van der Waals surface area contributed by atoms with Crippen LogP contribution in [0, 0.1) is 0 Å². The first kappa shape index (κ1) is 27.2. The van der Waals surface area contributed by atoms with Gasteiger partial charge in [0.05, 0.1) is 5.69 Å². The molecule has 40 heavy (non-hydrogen) atoms. The summed E-state index contributed by atoms with van der Waals surface area (Å²) >= 11 is 0. The lowest BCUT2D eigenvalue weighted by Gasteiger charge is -2.15. The first-order chi connectivity index (χ1) is 19.3. The van der Waals surface area contributed by atoms with Crippen molar-refractivity contribution in [1.29, 1.82) is 0 Å². The van der Waals surface area contributed by atoms with Crippen LogP contribution in [0.2, 0.25) is 0 Å². The van der Waals surface area contributed by atoms with Crippen LogP contribution in [0.25, 0.3) is 22.4 Å². The van der Waals surface area contributed by atoms with E-state index < -0.39 is 18.1 Å². The number of hydrogen-bond acceptors (Lipinski definition) is 7. The zero-order chi connectivity index (χ0) is 28.1. The second-order valence-corrected chi connectivity index (χ2v) is 9.39. The lowest BCUT2D eigenvalue weighted by molar-refractivity contribution is -0.193. The van der Waals surface area contributed by atoms with Gasteiger partial charge >= 0.3 is 18.1 Å². The van der Waals surface area contributed by atoms with Gasteiger partial charge in [-0.25, -0.2) is 9.59 Å². The van der Waals surface area contributed by atoms with E-state index in [9.17, 15) is 22.8 Å². The Kier molecular flexibility index (Phi) is 8.01. The number of carbonyl (C=O) groups excluding carboxylic acids is 2. The summed E-state index contributed by atoms with van der Waals surface area (Å²) in [4.78, 5) is 32.3. The molecule has 0 spiro atoms. The summed E-state index contributed by atoms with van der Waals surface area (Å²) in [5, 5.41) is 7.90. The van der Waals surface area contributed by atoms with Crippen LogP contribution in [-0.4, -0.2) is 51.0 Å². The second-order valence-electron chi connectivity index (χ2n) is 9.39. The maximum atomic E-state index is 12.8. The largest absolute Gasteiger partial charge is 0.491 e. The molecule has 11 heteroatoms. The number of benzene rings is 1. The summed E-state index contributed by atoms with van der Waals surface area (Å²) in [6, 6.07) is 14.0. The SMILES string of the molecule is O=C(OC(=O)C(F)(F)F)c1c2c(nn1CCCNCCc1ccc(-c3ccncc3)cc1)-c1ccncc1CC2. The van der Waals surface area contributed by atoms with Gasteiger partial charge in [0.2, 0.25) is 0 Å². The average Bonchev–Trinajstić information content (AvgIpc) is 3.34. The van der Waals surface area contributed by atoms with E-state index in [1.54, 1.807) is 30.9 Å². The van der Waals surface area contributed by atoms with Crippen molar-refractivity contribution in [1.82, 2.24) is 25.1 Å². The molecule has 3 aromatic heterocycles. The number of ether oxygens (including phenoxy) is 1. The van der Waals surface area contributed by atoms with Gasteiger partial charge in [0.25, 0.3) is 0 Å². The Bertz CT molecular complexity index is 1500. The number of aryl methyl sites for hydroxylation is 2. The van der Waals surface area contributed by atoms with E-state index in [2.05, 4.69) is 49.4 Å². The minimum Gasteiger partial charge on any atom is -0.381 e. The van der Waals surface area contributed by atoms with Gasteiger partial charge in [-0.2, -0.15) is 18.3 Å². The normalized spacial score (nSPS) is 12.5. The molecule has 8 nitrogen and oxygen atoms in total.